The number of rotatable bonds is 18. The Morgan fingerprint density at radius 1 is 0.448 bits per heavy atom. The number of carbonyl (C=O) groups excluding carboxylic acids is 9. The van der Waals surface area contributed by atoms with Crippen molar-refractivity contribution in [3.8, 4) is 11.5 Å². The van der Waals surface area contributed by atoms with Crippen LogP contribution in [0.25, 0.3) is 0 Å². The molecule has 4 rings (SSSR count). The van der Waals surface area contributed by atoms with E-state index in [2.05, 4.69) is 0 Å². The van der Waals surface area contributed by atoms with E-state index in [0.29, 0.717) is 5.75 Å². The van der Waals surface area contributed by atoms with Gasteiger partial charge < -0.3 is 75.8 Å². The Labute approximate surface area is 383 Å². The normalized spacial score (nSPS) is 30.2. The number of hydrogen-bond donors (Lipinski definition) is 0. The van der Waals surface area contributed by atoms with Gasteiger partial charge in [0.25, 0.3) is 0 Å². The molecule has 0 N–H and O–H groups in total. The fourth-order valence-corrected chi connectivity index (χ4v) is 7.20. The number of ether oxygens (including phenoxy) is 16. The molecule has 1 aromatic rings. The zero-order valence-corrected chi connectivity index (χ0v) is 38.2. The summed E-state index contributed by atoms with van der Waals surface area (Å²) in [7, 11) is 1.43. The van der Waals surface area contributed by atoms with Crippen LogP contribution in [0.4, 0.5) is 0 Å². The van der Waals surface area contributed by atoms with Gasteiger partial charge in [-0.25, -0.2) is 0 Å². The van der Waals surface area contributed by atoms with Crippen LogP contribution in [0.1, 0.15) is 62.3 Å². The van der Waals surface area contributed by atoms with Crippen LogP contribution in [0.2, 0.25) is 0 Å². The van der Waals surface area contributed by atoms with Crippen molar-refractivity contribution in [3.05, 3.63) is 24.3 Å². The summed E-state index contributed by atoms with van der Waals surface area (Å²) in [6.07, 6.45) is -23.1. The zero-order chi connectivity index (χ0) is 49.7. The molecule has 372 valence electrons. The monoisotopic (exact) mass is 958 g/mol. The van der Waals surface area contributed by atoms with E-state index >= 15 is 0 Å². The molecule has 0 aromatic heterocycles. The minimum atomic E-state index is -1.94. The SMILES string of the molecule is COc1ccc(O[C@@H]2O[C@H](CO[C@@H]3OC[C@H](OC(C)=O)[C@H](OC(C)=O)[C@H]3OC(C)=O)[C@@H](O[C@@H]3O[C@H](COC(C)=O)[C@@H](OC(C)=O)[C@H](OC(C)=O)[C@H]3OC(C)=O)[C@H](OC(C)=O)[C@H]2OC(C)=O)cc1. The van der Waals surface area contributed by atoms with Gasteiger partial charge in [0, 0.05) is 62.3 Å². The van der Waals surface area contributed by atoms with Crippen LogP contribution in [0, 0.1) is 0 Å². The summed E-state index contributed by atoms with van der Waals surface area (Å²) in [5.74, 6) is -7.52. The van der Waals surface area contributed by atoms with Crippen LogP contribution in [0.15, 0.2) is 24.3 Å². The lowest BCUT2D eigenvalue weighted by Gasteiger charge is -2.49. The minimum Gasteiger partial charge on any atom is -0.497 e. The molecular formula is C42H54O25. The Morgan fingerprint density at radius 3 is 1.34 bits per heavy atom. The average Bonchev–Trinajstić information content (AvgIpc) is 3.21. The smallest absolute Gasteiger partial charge is 0.303 e. The number of benzene rings is 1. The van der Waals surface area contributed by atoms with Crippen molar-refractivity contribution in [2.24, 2.45) is 0 Å². The number of hydrogen-bond acceptors (Lipinski definition) is 25. The molecule has 0 unspecified atom stereocenters. The van der Waals surface area contributed by atoms with Gasteiger partial charge in [0.2, 0.25) is 12.4 Å². The van der Waals surface area contributed by atoms with Gasteiger partial charge in [-0.1, -0.05) is 0 Å². The van der Waals surface area contributed by atoms with Gasteiger partial charge in [0.15, 0.2) is 55.3 Å². The third-order valence-corrected chi connectivity index (χ3v) is 9.48. The van der Waals surface area contributed by atoms with Crippen molar-refractivity contribution in [3.63, 3.8) is 0 Å². The average molecular weight is 959 g/mol. The van der Waals surface area contributed by atoms with Crippen molar-refractivity contribution in [1.82, 2.24) is 0 Å². The van der Waals surface area contributed by atoms with Gasteiger partial charge in [-0.15, -0.1) is 0 Å². The first-order chi connectivity index (χ1) is 31.6. The molecule has 0 bridgehead atoms. The number of esters is 9. The lowest BCUT2D eigenvalue weighted by Crippen LogP contribution is -2.67. The summed E-state index contributed by atoms with van der Waals surface area (Å²) in [5, 5.41) is 0. The Hall–Kier alpha value is -6.15. The molecule has 3 fully saturated rings. The molecule has 14 atom stereocenters. The maximum atomic E-state index is 13.0. The summed E-state index contributed by atoms with van der Waals surface area (Å²) >= 11 is 0. The molecule has 3 aliphatic heterocycles. The van der Waals surface area contributed by atoms with E-state index in [9.17, 15) is 43.2 Å². The molecule has 0 aliphatic carbocycles. The van der Waals surface area contributed by atoms with Crippen LogP contribution in [0.5, 0.6) is 11.5 Å². The molecule has 3 heterocycles. The minimum absolute atomic E-state index is 0.120. The molecule has 0 amide bonds. The van der Waals surface area contributed by atoms with Crippen molar-refractivity contribution in [1.29, 1.82) is 0 Å². The first-order valence-electron chi connectivity index (χ1n) is 20.6. The van der Waals surface area contributed by atoms with E-state index < -0.39 is 160 Å². The van der Waals surface area contributed by atoms with E-state index in [1.807, 2.05) is 0 Å². The van der Waals surface area contributed by atoms with Gasteiger partial charge >= 0.3 is 53.7 Å². The van der Waals surface area contributed by atoms with E-state index in [1.165, 1.54) is 31.4 Å². The summed E-state index contributed by atoms with van der Waals surface area (Å²) in [6, 6.07) is 6.04. The van der Waals surface area contributed by atoms with Crippen molar-refractivity contribution < 1.29 is 119 Å². The number of carbonyl (C=O) groups is 9. The molecular weight excluding hydrogens is 904 g/mol. The lowest BCUT2D eigenvalue weighted by atomic mass is 9.96. The highest BCUT2D eigenvalue weighted by molar-refractivity contribution is 5.70. The topological polar surface area (TPSA) is 301 Å². The second kappa shape index (κ2) is 24.6. The maximum Gasteiger partial charge on any atom is 0.303 e. The predicted octanol–water partition coefficient (Wildman–Crippen LogP) is 0.299. The fourth-order valence-electron chi connectivity index (χ4n) is 7.20. The Bertz CT molecular complexity index is 1940. The summed E-state index contributed by atoms with van der Waals surface area (Å²) in [5.41, 5.74) is 0. The Kier molecular flexibility index (Phi) is 19.6. The Balaban J connectivity index is 1.89. The molecule has 1 aromatic carbocycles. The van der Waals surface area contributed by atoms with Gasteiger partial charge in [-0.3, -0.25) is 43.2 Å². The summed E-state index contributed by atoms with van der Waals surface area (Å²) < 4.78 is 91.9. The van der Waals surface area contributed by atoms with E-state index in [-0.39, 0.29) is 5.75 Å². The van der Waals surface area contributed by atoms with Crippen LogP contribution < -0.4 is 9.47 Å². The summed E-state index contributed by atoms with van der Waals surface area (Å²) in [6.45, 7) is 7.51. The highest BCUT2D eigenvalue weighted by atomic mass is 16.8. The van der Waals surface area contributed by atoms with Gasteiger partial charge in [-0.05, 0) is 24.3 Å². The van der Waals surface area contributed by atoms with Gasteiger partial charge in [0.05, 0.1) is 20.3 Å². The van der Waals surface area contributed by atoms with Crippen LogP contribution in [0.3, 0.4) is 0 Å². The number of methoxy groups -OCH3 is 1. The molecule has 0 spiro atoms. The molecule has 3 saturated heterocycles. The van der Waals surface area contributed by atoms with Crippen LogP contribution >= 0.6 is 0 Å². The molecule has 25 heteroatoms. The van der Waals surface area contributed by atoms with Gasteiger partial charge in [-0.2, -0.15) is 0 Å². The first-order valence-corrected chi connectivity index (χ1v) is 20.6. The maximum absolute atomic E-state index is 13.0. The van der Waals surface area contributed by atoms with Crippen molar-refractivity contribution in [2.45, 2.75) is 148 Å². The van der Waals surface area contributed by atoms with E-state index in [0.717, 1.165) is 62.3 Å². The first kappa shape index (κ1) is 53.5. The zero-order valence-electron chi connectivity index (χ0n) is 38.2. The largest absolute Gasteiger partial charge is 0.497 e. The molecule has 0 radical (unpaired) electrons. The third kappa shape index (κ3) is 15.7. The summed E-state index contributed by atoms with van der Waals surface area (Å²) in [4.78, 5) is 112. The van der Waals surface area contributed by atoms with Gasteiger partial charge in [0.1, 0.15) is 36.4 Å². The van der Waals surface area contributed by atoms with Crippen molar-refractivity contribution >= 4 is 53.7 Å². The quantitative estimate of drug-likeness (QED) is 0.141. The van der Waals surface area contributed by atoms with Crippen molar-refractivity contribution in [2.75, 3.05) is 26.9 Å². The van der Waals surface area contributed by atoms with E-state index in [1.54, 1.807) is 0 Å². The third-order valence-electron chi connectivity index (χ3n) is 9.48. The second-order valence-electron chi connectivity index (χ2n) is 15.0. The molecule has 3 aliphatic rings. The lowest BCUT2D eigenvalue weighted by molar-refractivity contribution is -0.360. The predicted molar refractivity (Wildman–Crippen MR) is 213 cm³/mol. The highest BCUT2D eigenvalue weighted by Gasteiger charge is 2.58. The van der Waals surface area contributed by atoms with Crippen LogP contribution in [-0.4, -0.2) is 167 Å². The second-order valence-corrected chi connectivity index (χ2v) is 15.0. The fraction of sp³-hybridized carbons (Fsp3) is 0.643. The Morgan fingerprint density at radius 2 is 0.851 bits per heavy atom. The van der Waals surface area contributed by atoms with Crippen LogP contribution in [-0.2, 0) is 109 Å². The molecule has 25 nitrogen and oxygen atoms in total. The molecule has 0 saturated carbocycles. The molecule has 67 heavy (non-hydrogen) atoms. The van der Waals surface area contributed by atoms with E-state index in [4.69, 9.17) is 75.8 Å². The highest BCUT2D eigenvalue weighted by Crippen LogP contribution is 2.37. The standard InChI is InChI=1S/C42H54O25/c1-18(43)53-15-30-32(57-20(3)45)35(59-22(5)47)39(63-26(9)51)42(66-30)67-33-31(17-55-40-37(61-24(7)49)34(58-21(4)46)29(16-54-40)56-19(2)44)65-41(64-28-13-11-27(52-10)12-14-28)38(62-25(8)50)36(33)60-23(6)48/h11-14,29-42H,15-17H2,1-10H3/t29-,30+,31+,32+,33+,34-,35-,36-,37+,38+,39+,40-,41+,42-/m0/s1.